The summed E-state index contributed by atoms with van der Waals surface area (Å²) in [6.07, 6.45) is 0.348. The number of alkyl carbamates (subject to hydrolysis) is 1. The first-order chi connectivity index (χ1) is 19.4. The second-order valence-corrected chi connectivity index (χ2v) is 11.2. The summed E-state index contributed by atoms with van der Waals surface area (Å²) in [4.78, 5) is 63.0. The molecule has 1 aliphatic rings. The van der Waals surface area contributed by atoms with Gasteiger partial charge in [0.25, 0.3) is 0 Å². The Balaban J connectivity index is 0.00000616. The Morgan fingerprint density at radius 3 is 2.07 bits per heavy atom. The van der Waals surface area contributed by atoms with Crippen LogP contribution < -0.4 is 17.0 Å². The zero-order chi connectivity index (χ0) is 30.0. The van der Waals surface area contributed by atoms with Crippen LogP contribution in [-0.4, -0.2) is 72.5 Å². The molecule has 0 bridgehead atoms. The molecule has 3 rings (SSSR count). The Hall–Kier alpha value is -3.50. The van der Waals surface area contributed by atoms with Gasteiger partial charge in [0.05, 0.1) is 24.6 Å². The van der Waals surface area contributed by atoms with Crippen molar-refractivity contribution >= 4 is 29.1 Å². The molecule has 16 heteroatoms. The van der Waals surface area contributed by atoms with Gasteiger partial charge in [-0.05, 0) is 58.8 Å². The molecule has 0 saturated carbocycles. The Kier molecular flexibility index (Phi) is 11.7. The number of esters is 1. The summed E-state index contributed by atoms with van der Waals surface area (Å²) in [6, 6.07) is -1.35. The van der Waals surface area contributed by atoms with E-state index in [-0.39, 0.29) is 37.7 Å². The quantitative estimate of drug-likeness (QED) is 0.199. The summed E-state index contributed by atoms with van der Waals surface area (Å²) >= 11 is 0.619. The number of carbonyl (C=O) groups excluding carboxylic acids is 3. The van der Waals surface area contributed by atoms with Crippen molar-refractivity contribution in [2.75, 3.05) is 39.5 Å². The third-order valence-electron chi connectivity index (χ3n) is 6.08. The summed E-state index contributed by atoms with van der Waals surface area (Å²) in [7, 11) is 0. The molecule has 0 aliphatic carbocycles. The van der Waals surface area contributed by atoms with Gasteiger partial charge in [-0.2, -0.15) is 0 Å². The number of hydrogen-bond acceptors (Lipinski definition) is 15. The maximum Gasteiger partial charge on any atom is 0.519 e. The van der Waals surface area contributed by atoms with Crippen LogP contribution in [0.5, 0.6) is 0 Å². The minimum absolute atomic E-state index is 0. The van der Waals surface area contributed by atoms with Crippen molar-refractivity contribution in [2.45, 2.75) is 64.5 Å². The molecule has 1 fully saturated rings. The van der Waals surface area contributed by atoms with Crippen molar-refractivity contribution in [2.24, 2.45) is 0 Å². The molecule has 1 aliphatic heterocycles. The fourth-order valence-electron chi connectivity index (χ4n) is 3.77. The van der Waals surface area contributed by atoms with Gasteiger partial charge in [-0.15, -0.1) is 0 Å². The highest BCUT2D eigenvalue weighted by atomic mass is 32.2. The molecule has 41 heavy (non-hydrogen) atoms. The smallest absolute Gasteiger partial charge is 0.464 e. The first kappa shape index (κ1) is 32.0. The molecule has 0 aromatic carbocycles. The van der Waals surface area contributed by atoms with E-state index in [1.54, 1.807) is 0 Å². The summed E-state index contributed by atoms with van der Waals surface area (Å²) in [5.41, 5.74) is 0. The number of thioether (sulfide) groups is 1. The molecule has 0 radical (unpaired) electrons. The van der Waals surface area contributed by atoms with Gasteiger partial charge in [-0.1, -0.05) is 0 Å². The molecule has 0 unspecified atom stereocenters. The largest absolute Gasteiger partial charge is 0.519 e. The lowest BCUT2D eigenvalue weighted by molar-refractivity contribution is -0.146. The highest BCUT2D eigenvalue weighted by Gasteiger charge is 2.41. The molecule has 1 N–H and O–H groups in total. The fraction of sp³-hybridized carbons (Fsp3) is 0.640. The number of morpholine rings is 1. The lowest BCUT2D eigenvalue weighted by atomic mass is 10.0. The van der Waals surface area contributed by atoms with Crippen molar-refractivity contribution in [3.05, 3.63) is 44.3 Å². The Morgan fingerprint density at radius 2 is 1.51 bits per heavy atom. The van der Waals surface area contributed by atoms with E-state index in [4.69, 9.17) is 36.6 Å². The summed E-state index contributed by atoms with van der Waals surface area (Å²) < 4.78 is 38.8. The van der Waals surface area contributed by atoms with Crippen LogP contribution in [0.1, 0.15) is 51.2 Å². The van der Waals surface area contributed by atoms with Gasteiger partial charge in [-0.25, -0.2) is 24.0 Å². The van der Waals surface area contributed by atoms with E-state index in [9.17, 15) is 24.0 Å². The summed E-state index contributed by atoms with van der Waals surface area (Å²) in [5, 5.41) is 1.61. The van der Waals surface area contributed by atoms with Crippen LogP contribution in [-0.2, 0) is 37.0 Å². The molecular formula is C25H36N2O13S. The molecule has 0 spiro atoms. The second kappa shape index (κ2) is 14.9. The number of unbranched alkanes of at least 4 members (excludes halogenated alkanes) is 1. The van der Waals surface area contributed by atoms with Crippen molar-refractivity contribution in [1.82, 2.24) is 10.2 Å². The van der Waals surface area contributed by atoms with Crippen molar-refractivity contribution in [3.8, 4) is 0 Å². The van der Waals surface area contributed by atoms with E-state index in [0.717, 1.165) is 26.1 Å². The maximum atomic E-state index is 13.1. The lowest BCUT2D eigenvalue weighted by Crippen LogP contribution is -2.53. The van der Waals surface area contributed by atoms with Gasteiger partial charge in [0.2, 0.25) is 0 Å². The predicted molar refractivity (Wildman–Crippen MR) is 142 cm³/mol. The average molecular weight is 605 g/mol. The van der Waals surface area contributed by atoms with Crippen LogP contribution >= 0.6 is 11.8 Å². The maximum absolute atomic E-state index is 13.1. The third-order valence-corrected chi connectivity index (χ3v) is 7.13. The minimum Gasteiger partial charge on any atom is -0.464 e. The van der Waals surface area contributed by atoms with E-state index in [0.29, 0.717) is 31.4 Å². The molecule has 3 heterocycles. The van der Waals surface area contributed by atoms with E-state index >= 15 is 0 Å². The summed E-state index contributed by atoms with van der Waals surface area (Å²) in [6.45, 7) is 9.21. The molecule has 1 saturated heterocycles. The normalized spacial score (nSPS) is 14.8. The van der Waals surface area contributed by atoms with Crippen LogP contribution in [0.25, 0.3) is 0 Å². The zero-order valence-corrected chi connectivity index (χ0v) is 24.1. The highest BCUT2D eigenvalue weighted by molar-refractivity contribution is 8.14. The lowest BCUT2D eigenvalue weighted by Gasteiger charge is -2.31. The van der Waals surface area contributed by atoms with Gasteiger partial charge < -0.3 is 41.9 Å². The number of nitrogens with zero attached hydrogens (tertiary/aromatic N) is 1. The number of nitrogens with one attached hydrogen (secondary N) is 1. The first-order valence-corrected chi connectivity index (χ1v) is 13.7. The molecule has 1 amide bonds. The standard InChI is InChI=1S/C25H34N2O13S.H2/c1-15-17(39-22(30)37-15)13-35-21(29)26-19(20(28)34-10-6-5-7-27-8-11-33-12-9-27)25(3,4)41-24(32)36-14-18-16(2)38-23(31)40-18;/h19H,5-14H2,1-4H3,(H,26,29);1H/t19-;/m0./s1. The topological polar surface area (TPSA) is 190 Å². The van der Waals surface area contributed by atoms with Gasteiger partial charge >= 0.3 is 29.0 Å². The van der Waals surface area contributed by atoms with E-state index in [2.05, 4.69) is 10.2 Å². The fourth-order valence-corrected chi connectivity index (χ4v) is 4.59. The monoisotopic (exact) mass is 604 g/mol. The molecule has 15 nitrogen and oxygen atoms in total. The van der Waals surface area contributed by atoms with Crippen LogP contribution in [0.4, 0.5) is 9.59 Å². The molecule has 2 aromatic rings. The van der Waals surface area contributed by atoms with E-state index in [1.165, 1.54) is 27.7 Å². The Labute approximate surface area is 240 Å². The Bertz CT molecular complexity index is 1290. The van der Waals surface area contributed by atoms with Gasteiger partial charge in [-0.3, -0.25) is 4.90 Å². The number of hydrogen-bond donors (Lipinski definition) is 1. The predicted octanol–water partition coefficient (Wildman–Crippen LogP) is 2.74. The number of aryl methyl sites for hydroxylation is 2. The number of carbonyl (C=O) groups is 3. The van der Waals surface area contributed by atoms with E-state index < -0.39 is 46.4 Å². The molecular weight excluding hydrogens is 568 g/mol. The van der Waals surface area contributed by atoms with Crippen molar-refractivity contribution in [1.29, 1.82) is 0 Å². The SMILES string of the molecule is Cc1oc(=O)oc1COC(=O)N[C@@H](C(=O)OCCCCN1CCOCC1)C(C)(C)SC(=O)OCc1oc(=O)oc1C.[HH]. The Morgan fingerprint density at radius 1 is 0.927 bits per heavy atom. The van der Waals surface area contributed by atoms with Crippen LogP contribution in [0.2, 0.25) is 0 Å². The average Bonchev–Trinajstić information content (AvgIpc) is 3.42. The molecule has 2 aromatic heterocycles. The molecule has 1 atom stereocenters. The number of ether oxygens (including phenoxy) is 4. The van der Waals surface area contributed by atoms with Crippen molar-refractivity contribution < 1.29 is 52.4 Å². The zero-order valence-electron chi connectivity index (χ0n) is 23.3. The summed E-state index contributed by atoms with van der Waals surface area (Å²) in [5.74, 6) is -2.32. The van der Waals surface area contributed by atoms with Crippen LogP contribution in [0.3, 0.4) is 0 Å². The van der Waals surface area contributed by atoms with Crippen LogP contribution in [0.15, 0.2) is 27.3 Å². The van der Waals surface area contributed by atoms with Gasteiger partial charge in [0, 0.05) is 14.5 Å². The van der Waals surface area contributed by atoms with Crippen molar-refractivity contribution in [3.63, 3.8) is 0 Å². The highest BCUT2D eigenvalue weighted by Crippen LogP contribution is 2.31. The molecule has 230 valence electrons. The van der Waals surface area contributed by atoms with Gasteiger partial charge in [0.15, 0.2) is 36.3 Å². The number of rotatable bonds is 13. The first-order valence-electron chi connectivity index (χ1n) is 12.9. The van der Waals surface area contributed by atoms with Gasteiger partial charge in [0.1, 0.15) is 6.04 Å². The number of amides is 1. The van der Waals surface area contributed by atoms with E-state index in [1.807, 2.05) is 0 Å². The van der Waals surface area contributed by atoms with Crippen LogP contribution in [0, 0.1) is 13.8 Å². The second-order valence-electron chi connectivity index (χ2n) is 9.59. The third kappa shape index (κ3) is 10.1. The minimum atomic E-state index is -1.35.